The van der Waals surface area contributed by atoms with Crippen LogP contribution < -0.4 is 27.0 Å². The molecule has 0 aromatic heterocycles. The van der Waals surface area contributed by atoms with E-state index in [2.05, 4.69) is 21.3 Å². The molecule has 11 amide bonds. The van der Waals surface area contributed by atoms with Crippen LogP contribution >= 0.6 is 0 Å². The molecule has 23 nitrogen and oxygen atoms in total. The van der Waals surface area contributed by atoms with Crippen LogP contribution in [-0.4, -0.2) is 209 Å². The van der Waals surface area contributed by atoms with E-state index >= 15 is 9.59 Å². The minimum Gasteiger partial charge on any atom is -0.390 e. The third kappa shape index (κ3) is 23.1. The monoisotopic (exact) mass is 1180 g/mol. The second kappa shape index (κ2) is 35.9. The lowest BCUT2D eigenvalue weighted by atomic mass is 9.91. The molecule has 0 aromatic rings. The summed E-state index contributed by atoms with van der Waals surface area (Å²) in [5.41, 5.74) is 5.38. The molecule has 0 aliphatic heterocycles. The number of aliphatic hydroxyl groups excluding tert-OH is 1. The molecule has 0 spiro atoms. The third-order valence-electron chi connectivity index (χ3n) is 15.6. The largest absolute Gasteiger partial charge is 0.390 e. The summed E-state index contributed by atoms with van der Waals surface area (Å²) in [6.07, 6.45) is 3.26. The van der Waals surface area contributed by atoms with Crippen molar-refractivity contribution in [3.05, 3.63) is 12.2 Å². The quantitative estimate of drug-likeness (QED) is 0.0500. The molecule has 2 unspecified atom stereocenters. The summed E-state index contributed by atoms with van der Waals surface area (Å²) in [7, 11) is 8.41. The van der Waals surface area contributed by atoms with E-state index in [1.165, 1.54) is 70.8 Å². The van der Waals surface area contributed by atoms with Gasteiger partial charge in [-0.05, 0) is 94.8 Å². The number of likely N-dealkylation sites (N-methyl/N-ethyl adjacent to an activating group) is 6. The van der Waals surface area contributed by atoms with Crippen LogP contribution in [-0.2, 0) is 52.7 Å². The molecule has 0 aliphatic carbocycles. The smallest absolute Gasteiger partial charge is 0.246 e. The molecular weight excluding hydrogens is 1070 g/mol. The fourth-order valence-electron chi connectivity index (χ4n) is 9.54. The summed E-state index contributed by atoms with van der Waals surface area (Å²) in [6.45, 7) is 29.7. The van der Waals surface area contributed by atoms with E-state index < -0.39 is 138 Å². The number of amides is 11. The molecule has 0 saturated heterocycles. The SMILES string of the molecule is C/C=C/C[C@H](C)[C@H](O)C(C(=O)N[C@@H](CC)C(=O)N(C)CC(=O)N(C)[C@H](C)C(N)=O)N(C)C(=O)[C@H](C(C)C)N(C)C(=O)[C@@H](CC(C)C)N(C)C(=O)[C@@H](CC(C)C)N(C)C(=O)[C@H](C)NC(=O)C(CC)NC(=O)[C@H](CC(C)C)NC(=O)[C@H](C)C(C)C. The summed E-state index contributed by atoms with van der Waals surface area (Å²) in [5, 5.41) is 23.0. The Balaban J connectivity index is 7.06. The zero-order valence-electron chi connectivity index (χ0n) is 54.6. The van der Waals surface area contributed by atoms with Gasteiger partial charge in [0.15, 0.2) is 0 Å². The number of carbonyl (C=O) groups is 11. The Morgan fingerprint density at radius 3 is 1.35 bits per heavy atom. The molecular formula is C60H109N11O12. The van der Waals surface area contributed by atoms with Crippen LogP contribution in [0.25, 0.3) is 0 Å². The maximum absolute atomic E-state index is 15.1. The summed E-state index contributed by atoms with van der Waals surface area (Å²) < 4.78 is 0. The maximum Gasteiger partial charge on any atom is 0.246 e. The van der Waals surface area contributed by atoms with Crippen molar-refractivity contribution in [1.29, 1.82) is 0 Å². The standard InChI is InChI=1S/C60H109N11O12/c1-24-27-28-38(14)50(73)49(55(78)64-43(26-3)57(80)66(18)32-47(72)67(19)41(17)51(61)74)71(23)60(83)48(37(12)13)70(22)59(82)46(31-35(8)9)69(21)58(81)45(30-34(6)7)68(20)56(79)40(16)62-53(76)42(25-2)63-54(77)44(29-33(4)5)65-52(75)39(15)36(10)11/h24,27,33-46,48-50,73H,25-26,28-32H2,1-23H3,(H2,61,74)(H,62,76)(H,63,77)(H,64,78)(H,65,75)/b27-24+/t38-,39+,40-,41+,42?,43-,44-,45+,46+,48-,49?,50-/m0/s1. The first-order chi connectivity index (χ1) is 38.3. The van der Waals surface area contributed by atoms with Gasteiger partial charge in [0.05, 0.1) is 12.6 Å². The van der Waals surface area contributed by atoms with E-state index in [4.69, 9.17) is 5.73 Å². The molecule has 0 radical (unpaired) electrons. The highest BCUT2D eigenvalue weighted by Crippen LogP contribution is 2.25. The molecule has 0 aromatic carbocycles. The van der Waals surface area contributed by atoms with Crippen LogP contribution in [0.1, 0.15) is 156 Å². The van der Waals surface area contributed by atoms with Crippen LogP contribution in [0.3, 0.4) is 0 Å². The van der Waals surface area contributed by atoms with Gasteiger partial charge in [0.25, 0.3) is 0 Å². The Labute approximate surface area is 496 Å². The maximum atomic E-state index is 15.1. The molecule has 7 N–H and O–H groups in total. The lowest BCUT2D eigenvalue weighted by Gasteiger charge is -2.41. The number of nitrogens with two attached hydrogens (primary N) is 1. The van der Waals surface area contributed by atoms with Gasteiger partial charge in [-0.25, -0.2) is 0 Å². The number of nitrogens with one attached hydrogen (secondary N) is 4. The van der Waals surface area contributed by atoms with Gasteiger partial charge in [-0.1, -0.05) is 109 Å². The number of aliphatic hydroxyl groups is 1. The van der Waals surface area contributed by atoms with Crippen molar-refractivity contribution in [1.82, 2.24) is 50.7 Å². The highest BCUT2D eigenvalue weighted by atomic mass is 16.3. The summed E-state index contributed by atoms with van der Waals surface area (Å²) >= 11 is 0. The topological polar surface area (TPSA) is 302 Å². The normalized spacial score (nSPS) is 16.1. The number of hydrogen-bond acceptors (Lipinski definition) is 12. The first-order valence-corrected chi connectivity index (χ1v) is 29.6. The minimum atomic E-state index is -1.59. The van der Waals surface area contributed by atoms with Crippen LogP contribution in [0.2, 0.25) is 0 Å². The van der Waals surface area contributed by atoms with Gasteiger partial charge in [-0.3, -0.25) is 52.7 Å². The first-order valence-electron chi connectivity index (χ1n) is 29.6. The second-order valence-electron chi connectivity index (χ2n) is 24.7. The Morgan fingerprint density at radius 1 is 0.482 bits per heavy atom. The molecule has 23 heteroatoms. The second-order valence-corrected chi connectivity index (χ2v) is 24.7. The molecule has 0 fully saturated rings. The zero-order valence-corrected chi connectivity index (χ0v) is 54.6. The Morgan fingerprint density at radius 2 is 0.916 bits per heavy atom. The minimum absolute atomic E-state index is 0.0337. The van der Waals surface area contributed by atoms with Gasteiger partial charge in [-0.2, -0.15) is 0 Å². The van der Waals surface area contributed by atoms with E-state index in [-0.39, 0.29) is 61.2 Å². The van der Waals surface area contributed by atoms with Gasteiger partial charge in [-0.15, -0.1) is 0 Å². The summed E-state index contributed by atoms with van der Waals surface area (Å²) in [4.78, 5) is 160. The molecule has 0 rings (SSSR count). The van der Waals surface area contributed by atoms with Crippen LogP contribution in [0, 0.1) is 41.4 Å². The first kappa shape index (κ1) is 76.9. The van der Waals surface area contributed by atoms with Crippen molar-refractivity contribution < 1.29 is 57.8 Å². The van der Waals surface area contributed by atoms with Crippen LogP contribution in [0.4, 0.5) is 0 Å². The van der Waals surface area contributed by atoms with Gasteiger partial charge in [0, 0.05) is 48.2 Å². The van der Waals surface area contributed by atoms with Crippen LogP contribution in [0.15, 0.2) is 12.2 Å². The third-order valence-corrected chi connectivity index (χ3v) is 15.6. The van der Waals surface area contributed by atoms with Crippen molar-refractivity contribution >= 4 is 65.0 Å². The molecule has 0 heterocycles. The Hall–Kier alpha value is -6.13. The van der Waals surface area contributed by atoms with E-state index in [0.717, 1.165) is 14.7 Å². The molecule has 0 aliphatic rings. The fraction of sp³-hybridized carbons (Fsp3) is 0.783. The van der Waals surface area contributed by atoms with Gasteiger partial charge in [0.2, 0.25) is 65.0 Å². The number of allylic oxidation sites excluding steroid dienone is 2. The number of carbonyl (C=O) groups excluding carboxylic acids is 11. The molecule has 12 atom stereocenters. The van der Waals surface area contributed by atoms with Gasteiger partial charge >= 0.3 is 0 Å². The zero-order chi connectivity index (χ0) is 64.8. The molecule has 0 saturated carbocycles. The lowest BCUT2D eigenvalue weighted by molar-refractivity contribution is -0.157. The Kier molecular flexibility index (Phi) is 33.2. The van der Waals surface area contributed by atoms with Crippen molar-refractivity contribution in [2.75, 3.05) is 48.8 Å². The Bertz CT molecular complexity index is 2220. The van der Waals surface area contributed by atoms with E-state index in [1.54, 1.807) is 60.6 Å². The highest BCUT2D eigenvalue weighted by molar-refractivity contribution is 5.98. The van der Waals surface area contributed by atoms with Gasteiger partial charge in [0.1, 0.15) is 54.4 Å². The predicted molar refractivity (Wildman–Crippen MR) is 321 cm³/mol. The molecule has 476 valence electrons. The van der Waals surface area contributed by atoms with Gasteiger partial charge < -0.3 is 61.5 Å². The van der Waals surface area contributed by atoms with Crippen molar-refractivity contribution in [2.45, 2.75) is 217 Å². The van der Waals surface area contributed by atoms with Crippen molar-refractivity contribution in [3.8, 4) is 0 Å². The number of hydrogen-bond donors (Lipinski definition) is 6. The highest BCUT2D eigenvalue weighted by Gasteiger charge is 2.45. The fourth-order valence-corrected chi connectivity index (χ4v) is 9.54. The molecule has 83 heavy (non-hydrogen) atoms. The van der Waals surface area contributed by atoms with E-state index in [1.807, 2.05) is 55.4 Å². The average Bonchev–Trinajstić information content (AvgIpc) is 3.52. The molecule has 0 bridgehead atoms. The van der Waals surface area contributed by atoms with Crippen LogP contribution in [0.5, 0.6) is 0 Å². The van der Waals surface area contributed by atoms with Crippen molar-refractivity contribution in [3.63, 3.8) is 0 Å². The number of primary amides is 1. The van der Waals surface area contributed by atoms with Crippen molar-refractivity contribution in [2.24, 2.45) is 47.2 Å². The van der Waals surface area contributed by atoms with E-state index in [9.17, 15) is 48.3 Å². The number of rotatable bonds is 35. The average molecular weight is 1180 g/mol. The lowest BCUT2D eigenvalue weighted by Crippen LogP contribution is -2.63. The number of nitrogens with zero attached hydrogens (tertiary/aromatic N) is 6. The van der Waals surface area contributed by atoms with E-state index in [0.29, 0.717) is 12.8 Å². The summed E-state index contributed by atoms with van der Waals surface area (Å²) in [5.74, 6) is -8.61. The predicted octanol–water partition coefficient (Wildman–Crippen LogP) is 2.91. The summed E-state index contributed by atoms with van der Waals surface area (Å²) in [6, 6.07) is -10.5.